The van der Waals surface area contributed by atoms with Crippen molar-refractivity contribution >= 4 is 21.4 Å². The average molecular weight is 287 g/mol. The van der Waals surface area contributed by atoms with Gasteiger partial charge in [-0.3, -0.25) is 0 Å². The van der Waals surface area contributed by atoms with Crippen LogP contribution >= 0.6 is 0 Å². The van der Waals surface area contributed by atoms with Crippen LogP contribution in [0.2, 0.25) is 0 Å². The molecule has 1 unspecified atom stereocenters. The number of hydrogen-bond acceptors (Lipinski definition) is 5. The highest BCUT2D eigenvalue weighted by Crippen LogP contribution is 2.22. The molecule has 108 valence electrons. The highest BCUT2D eigenvalue weighted by Gasteiger charge is 2.12. The van der Waals surface area contributed by atoms with Crippen LogP contribution in [0.25, 0.3) is 0 Å². The summed E-state index contributed by atoms with van der Waals surface area (Å²) in [4.78, 5) is 0.169. The van der Waals surface area contributed by atoms with Gasteiger partial charge in [-0.1, -0.05) is 0 Å². The number of hydrogen-bond donors (Lipinski definition) is 4. The largest absolute Gasteiger partial charge is 0.397 e. The van der Waals surface area contributed by atoms with Gasteiger partial charge < -0.3 is 16.2 Å². The first kappa shape index (κ1) is 15.7. The number of benzene rings is 1. The van der Waals surface area contributed by atoms with Gasteiger partial charge in [0.1, 0.15) is 0 Å². The Hall–Kier alpha value is -1.31. The van der Waals surface area contributed by atoms with Crippen molar-refractivity contribution in [3.8, 4) is 0 Å². The molecule has 0 saturated heterocycles. The van der Waals surface area contributed by atoms with Crippen molar-refractivity contribution < 1.29 is 13.5 Å². The minimum absolute atomic E-state index is 0.169. The van der Waals surface area contributed by atoms with E-state index in [0.717, 1.165) is 6.42 Å². The summed E-state index contributed by atoms with van der Waals surface area (Å²) in [6, 6.07) is 4.52. The zero-order valence-corrected chi connectivity index (χ0v) is 12.0. The Morgan fingerprint density at radius 3 is 2.68 bits per heavy atom. The Morgan fingerprint density at radius 1 is 1.42 bits per heavy atom. The Bertz CT molecular complexity index is 515. The molecule has 0 spiro atoms. The van der Waals surface area contributed by atoms with Crippen LogP contribution in [0.4, 0.5) is 11.4 Å². The molecular weight excluding hydrogens is 266 g/mol. The molecule has 5 N–H and O–H groups in total. The van der Waals surface area contributed by atoms with E-state index in [2.05, 4.69) is 10.0 Å². The zero-order chi connectivity index (χ0) is 14.5. The molecule has 0 radical (unpaired) electrons. The molecule has 7 heteroatoms. The Morgan fingerprint density at radius 2 is 2.11 bits per heavy atom. The molecule has 0 aliphatic carbocycles. The van der Waals surface area contributed by atoms with Gasteiger partial charge in [-0.2, -0.15) is 0 Å². The van der Waals surface area contributed by atoms with Crippen molar-refractivity contribution in [2.24, 2.45) is 0 Å². The van der Waals surface area contributed by atoms with Gasteiger partial charge >= 0.3 is 0 Å². The van der Waals surface area contributed by atoms with Crippen molar-refractivity contribution in [1.82, 2.24) is 4.72 Å². The van der Waals surface area contributed by atoms with Crippen molar-refractivity contribution in [3.63, 3.8) is 0 Å². The quantitative estimate of drug-likeness (QED) is 0.437. The Kier molecular flexibility index (Phi) is 5.59. The van der Waals surface area contributed by atoms with Gasteiger partial charge in [0, 0.05) is 6.54 Å². The number of aliphatic hydroxyl groups excluding tert-OH is 1. The topological polar surface area (TPSA) is 104 Å². The molecule has 0 heterocycles. The number of nitrogens with two attached hydrogens (primary N) is 1. The third-order valence-electron chi connectivity index (χ3n) is 2.72. The maximum atomic E-state index is 11.7. The van der Waals surface area contributed by atoms with Crippen LogP contribution in [-0.2, 0) is 10.0 Å². The Labute approximate surface area is 114 Å². The van der Waals surface area contributed by atoms with Gasteiger partial charge in [-0.25, -0.2) is 13.1 Å². The maximum absolute atomic E-state index is 11.7. The van der Waals surface area contributed by atoms with Crippen LogP contribution in [-0.4, -0.2) is 33.2 Å². The van der Waals surface area contributed by atoms with Crippen LogP contribution in [0.3, 0.4) is 0 Å². The lowest BCUT2D eigenvalue weighted by Crippen LogP contribution is -2.19. The molecule has 1 atom stereocenters. The van der Waals surface area contributed by atoms with Crippen molar-refractivity contribution in [2.75, 3.05) is 24.6 Å². The van der Waals surface area contributed by atoms with Crippen molar-refractivity contribution in [1.29, 1.82) is 0 Å². The van der Waals surface area contributed by atoms with Gasteiger partial charge in [0.2, 0.25) is 10.0 Å². The smallest absolute Gasteiger partial charge is 0.240 e. The molecule has 0 aliphatic rings. The van der Waals surface area contributed by atoms with Crippen LogP contribution in [0.5, 0.6) is 0 Å². The minimum atomic E-state index is -3.47. The van der Waals surface area contributed by atoms with E-state index in [9.17, 15) is 8.42 Å². The van der Waals surface area contributed by atoms with E-state index in [1.807, 2.05) is 0 Å². The lowest BCUT2D eigenvalue weighted by molar-refractivity contribution is 0.183. The van der Waals surface area contributed by atoms with Crippen LogP contribution in [0.15, 0.2) is 23.1 Å². The van der Waals surface area contributed by atoms with E-state index in [1.165, 1.54) is 19.2 Å². The fraction of sp³-hybridized carbons (Fsp3) is 0.500. The predicted molar refractivity (Wildman–Crippen MR) is 76.5 cm³/mol. The van der Waals surface area contributed by atoms with E-state index in [1.54, 1.807) is 13.0 Å². The Balaban J connectivity index is 2.75. The number of nitrogens with one attached hydrogen (secondary N) is 2. The summed E-state index contributed by atoms with van der Waals surface area (Å²) in [6.07, 6.45) is 1.12. The molecule has 0 fully saturated rings. The second-order valence-corrected chi connectivity index (χ2v) is 6.26. The first-order valence-electron chi connectivity index (χ1n) is 6.12. The van der Waals surface area contributed by atoms with Gasteiger partial charge in [0.25, 0.3) is 0 Å². The molecule has 0 bridgehead atoms. The second kappa shape index (κ2) is 6.74. The fourth-order valence-electron chi connectivity index (χ4n) is 1.59. The summed E-state index contributed by atoms with van der Waals surface area (Å²) in [6.45, 7) is 2.35. The predicted octanol–water partition coefficient (Wildman–Crippen LogP) is 0.750. The molecule has 1 aromatic rings. The molecule has 0 amide bonds. The van der Waals surface area contributed by atoms with E-state index < -0.39 is 10.0 Å². The zero-order valence-electron chi connectivity index (χ0n) is 11.2. The molecule has 1 aromatic carbocycles. The number of rotatable bonds is 7. The van der Waals surface area contributed by atoms with Crippen molar-refractivity contribution in [2.45, 2.75) is 30.8 Å². The van der Waals surface area contributed by atoms with E-state index in [0.29, 0.717) is 24.3 Å². The number of anilines is 2. The number of sulfonamides is 1. The highest BCUT2D eigenvalue weighted by atomic mass is 32.2. The fourth-order valence-corrected chi connectivity index (χ4v) is 2.35. The lowest BCUT2D eigenvalue weighted by atomic mass is 10.2. The molecule has 19 heavy (non-hydrogen) atoms. The van der Waals surface area contributed by atoms with Crippen molar-refractivity contribution in [3.05, 3.63) is 18.2 Å². The molecule has 0 aromatic heterocycles. The SMILES string of the molecule is CNS(=O)(=O)c1ccc(N)c(NCCCC(C)O)c1. The van der Waals surface area contributed by atoms with Gasteiger partial charge in [0.15, 0.2) is 0 Å². The number of nitrogen functional groups attached to an aromatic ring is 1. The van der Waals surface area contributed by atoms with E-state index in [4.69, 9.17) is 10.8 Å². The first-order chi connectivity index (χ1) is 8.86. The monoisotopic (exact) mass is 287 g/mol. The van der Waals surface area contributed by atoms with E-state index in [-0.39, 0.29) is 11.0 Å². The van der Waals surface area contributed by atoms with Gasteiger partial charge in [0.05, 0.1) is 22.4 Å². The summed E-state index contributed by atoms with van der Waals surface area (Å²) in [5.74, 6) is 0. The van der Waals surface area contributed by atoms with E-state index >= 15 is 0 Å². The van der Waals surface area contributed by atoms with Crippen LogP contribution in [0.1, 0.15) is 19.8 Å². The summed E-state index contributed by atoms with van der Waals surface area (Å²) in [5, 5.41) is 12.2. The number of aliphatic hydroxyl groups is 1. The standard InChI is InChI=1S/C12H21N3O3S/c1-9(16)4-3-7-15-12-8-10(5-6-11(12)13)19(17,18)14-2/h5-6,8-9,14-16H,3-4,7,13H2,1-2H3. The second-order valence-electron chi connectivity index (χ2n) is 4.37. The lowest BCUT2D eigenvalue weighted by Gasteiger charge is -2.12. The average Bonchev–Trinajstić information content (AvgIpc) is 2.36. The normalized spacial score (nSPS) is 13.2. The summed E-state index contributed by atoms with van der Waals surface area (Å²) in [7, 11) is -2.10. The molecule has 1 rings (SSSR count). The van der Waals surface area contributed by atoms with Crippen LogP contribution in [0, 0.1) is 0 Å². The van der Waals surface area contributed by atoms with Crippen LogP contribution < -0.4 is 15.8 Å². The third-order valence-corrected chi connectivity index (χ3v) is 4.13. The minimum Gasteiger partial charge on any atom is -0.397 e. The maximum Gasteiger partial charge on any atom is 0.240 e. The van der Waals surface area contributed by atoms with Gasteiger partial charge in [-0.15, -0.1) is 0 Å². The molecule has 0 saturated carbocycles. The summed E-state index contributed by atoms with van der Waals surface area (Å²) in [5.41, 5.74) is 6.87. The molecule has 0 aliphatic heterocycles. The first-order valence-corrected chi connectivity index (χ1v) is 7.60. The highest BCUT2D eigenvalue weighted by molar-refractivity contribution is 7.89. The third kappa shape index (κ3) is 4.70. The summed E-state index contributed by atoms with van der Waals surface area (Å²) >= 11 is 0. The molecular formula is C12H21N3O3S. The molecule has 6 nitrogen and oxygen atoms in total. The van der Waals surface area contributed by atoms with Gasteiger partial charge in [-0.05, 0) is 45.0 Å². The summed E-state index contributed by atoms with van der Waals surface area (Å²) < 4.78 is 25.6.